The molecule has 43 heavy (non-hydrogen) atoms. The third-order valence-corrected chi connectivity index (χ3v) is 7.78. The predicted octanol–water partition coefficient (Wildman–Crippen LogP) is 2.68. The number of rotatable bonds is 10. The summed E-state index contributed by atoms with van der Waals surface area (Å²) in [7, 11) is 0. The Hall–Kier alpha value is -5.09. The zero-order valence-corrected chi connectivity index (χ0v) is 23.6. The molecule has 5 heterocycles. The van der Waals surface area contributed by atoms with E-state index in [9.17, 15) is 14.3 Å². The first-order valence-corrected chi connectivity index (χ1v) is 14.1. The van der Waals surface area contributed by atoms with Crippen molar-refractivity contribution in [3.8, 4) is 11.9 Å². The van der Waals surface area contributed by atoms with Crippen LogP contribution in [0.15, 0.2) is 55.1 Å². The lowest BCUT2D eigenvalue weighted by molar-refractivity contribution is -0.255. The summed E-state index contributed by atoms with van der Waals surface area (Å²) in [5, 5.41) is 25.0. The molecule has 12 nitrogen and oxygen atoms in total. The molecular formula is C30H29FN9O3-. The number of hydrogen-bond donors (Lipinski definition) is 0. The van der Waals surface area contributed by atoms with Gasteiger partial charge in [-0.1, -0.05) is 6.07 Å². The second kappa shape index (κ2) is 12.0. The standard InChI is InChI=1S/C30H30FN9O3/c1-2-38-19-33-15-23(38)16-39-27(34-25-5-6-26(30(41)42)35-29(25)39)17-37-10-7-22(8-11-37)40-12-9-28(36-40)43-18-21-4-3-20(14-32)13-24(21)31/h3-6,9,12-13,15,19,22H,2,7-8,10-11,16-18H2,1H3,(H,41,42)/p-1. The summed E-state index contributed by atoms with van der Waals surface area (Å²) in [5.74, 6) is -0.601. The van der Waals surface area contributed by atoms with Gasteiger partial charge in [0.15, 0.2) is 5.65 Å². The molecule has 13 heteroatoms. The summed E-state index contributed by atoms with van der Waals surface area (Å²) in [6, 6.07) is 11.3. The molecule has 1 aliphatic heterocycles. The molecule has 0 saturated carbocycles. The molecule has 0 N–H and O–H groups in total. The maximum absolute atomic E-state index is 14.2. The number of pyridine rings is 1. The first kappa shape index (κ1) is 28.0. The molecule has 0 spiro atoms. The van der Waals surface area contributed by atoms with Crippen molar-refractivity contribution in [3.05, 3.63) is 89.3 Å². The fourth-order valence-corrected chi connectivity index (χ4v) is 5.40. The topological polar surface area (TPSA) is 143 Å². The van der Waals surface area contributed by atoms with E-state index in [2.05, 4.69) is 20.0 Å². The van der Waals surface area contributed by atoms with E-state index in [1.165, 1.54) is 12.1 Å². The highest BCUT2D eigenvalue weighted by Crippen LogP contribution is 2.26. The Morgan fingerprint density at radius 1 is 1.16 bits per heavy atom. The second-order valence-electron chi connectivity index (χ2n) is 10.5. The van der Waals surface area contributed by atoms with Crippen LogP contribution in [-0.4, -0.2) is 57.8 Å². The zero-order valence-electron chi connectivity index (χ0n) is 23.6. The first-order chi connectivity index (χ1) is 20.9. The van der Waals surface area contributed by atoms with Gasteiger partial charge in [0, 0.05) is 43.7 Å². The van der Waals surface area contributed by atoms with Gasteiger partial charge in [0.1, 0.15) is 23.8 Å². The monoisotopic (exact) mass is 582 g/mol. The molecular weight excluding hydrogens is 553 g/mol. The molecule has 1 aliphatic rings. The number of halogens is 1. The van der Waals surface area contributed by atoms with E-state index in [-0.39, 0.29) is 23.9 Å². The number of carboxylic acids is 1. The van der Waals surface area contributed by atoms with Crippen LogP contribution in [0.5, 0.6) is 5.88 Å². The highest BCUT2D eigenvalue weighted by Gasteiger charge is 2.24. The number of piperidine rings is 1. The number of fused-ring (bicyclic) bond motifs is 1. The molecule has 0 amide bonds. The van der Waals surface area contributed by atoms with Gasteiger partial charge in [0.2, 0.25) is 5.88 Å². The number of ether oxygens (including phenoxy) is 1. The number of hydrogen-bond acceptors (Lipinski definition) is 9. The molecule has 1 aromatic carbocycles. The van der Waals surface area contributed by atoms with Gasteiger partial charge in [-0.15, -0.1) is 5.10 Å². The lowest BCUT2D eigenvalue weighted by Gasteiger charge is -2.31. The molecule has 0 atom stereocenters. The van der Waals surface area contributed by atoms with Crippen molar-refractivity contribution in [2.45, 2.75) is 52.0 Å². The Balaban J connectivity index is 1.12. The summed E-state index contributed by atoms with van der Waals surface area (Å²) < 4.78 is 25.8. The van der Waals surface area contributed by atoms with E-state index in [0.717, 1.165) is 44.0 Å². The number of carbonyl (C=O) groups excluding carboxylic acids is 1. The molecule has 0 unspecified atom stereocenters. The fourth-order valence-electron chi connectivity index (χ4n) is 5.40. The summed E-state index contributed by atoms with van der Waals surface area (Å²) in [5.41, 5.74) is 2.59. The normalized spacial score (nSPS) is 14.3. The number of carboxylic acid groups (broad SMARTS) is 1. The summed E-state index contributed by atoms with van der Waals surface area (Å²) in [4.78, 5) is 27.3. The number of aromatic nitrogens is 7. The van der Waals surface area contributed by atoms with Crippen molar-refractivity contribution in [2.75, 3.05) is 13.1 Å². The van der Waals surface area contributed by atoms with E-state index in [4.69, 9.17) is 15.0 Å². The Labute approximate surface area is 246 Å². The van der Waals surface area contributed by atoms with Crippen LogP contribution in [0.25, 0.3) is 11.2 Å². The molecule has 220 valence electrons. The van der Waals surface area contributed by atoms with Gasteiger partial charge in [0.25, 0.3) is 0 Å². The minimum absolute atomic E-state index is 0.0202. The average Bonchev–Trinajstić information content (AvgIpc) is 3.76. The zero-order chi connectivity index (χ0) is 29.9. The van der Waals surface area contributed by atoms with Gasteiger partial charge < -0.3 is 23.8 Å². The Morgan fingerprint density at radius 2 is 2.00 bits per heavy atom. The average molecular weight is 583 g/mol. The maximum Gasteiger partial charge on any atom is 0.233 e. The van der Waals surface area contributed by atoms with Gasteiger partial charge in [-0.05, 0) is 44.0 Å². The van der Waals surface area contributed by atoms with Crippen molar-refractivity contribution < 1.29 is 19.0 Å². The molecule has 0 radical (unpaired) electrons. The van der Waals surface area contributed by atoms with E-state index in [1.54, 1.807) is 36.8 Å². The van der Waals surface area contributed by atoms with Crippen LogP contribution in [0.2, 0.25) is 0 Å². The van der Waals surface area contributed by atoms with Crippen LogP contribution in [0.4, 0.5) is 4.39 Å². The van der Waals surface area contributed by atoms with Gasteiger partial charge in [0.05, 0.1) is 54.4 Å². The smallest absolute Gasteiger partial charge is 0.233 e. The number of aromatic carboxylic acids is 1. The Morgan fingerprint density at radius 3 is 2.74 bits per heavy atom. The van der Waals surface area contributed by atoms with Gasteiger partial charge in [-0.3, -0.25) is 9.58 Å². The molecule has 0 bridgehead atoms. The van der Waals surface area contributed by atoms with Crippen molar-refractivity contribution in [1.29, 1.82) is 5.26 Å². The minimum Gasteiger partial charge on any atom is -0.543 e. The number of benzene rings is 1. The second-order valence-corrected chi connectivity index (χ2v) is 10.5. The predicted molar refractivity (Wildman–Crippen MR) is 150 cm³/mol. The van der Waals surface area contributed by atoms with Gasteiger partial charge in [-0.25, -0.2) is 19.3 Å². The summed E-state index contributed by atoms with van der Waals surface area (Å²) in [6.07, 6.45) is 7.18. The molecule has 0 aliphatic carbocycles. The first-order valence-electron chi connectivity index (χ1n) is 14.1. The lowest BCUT2D eigenvalue weighted by Crippen LogP contribution is -2.35. The van der Waals surface area contributed by atoms with Crippen molar-refractivity contribution in [3.63, 3.8) is 0 Å². The molecule has 6 rings (SSSR count). The summed E-state index contributed by atoms with van der Waals surface area (Å²) >= 11 is 0. The van der Waals surface area contributed by atoms with Crippen LogP contribution in [0.3, 0.4) is 0 Å². The van der Waals surface area contributed by atoms with E-state index >= 15 is 0 Å². The Kier molecular flexibility index (Phi) is 7.84. The minimum atomic E-state index is -1.33. The van der Waals surface area contributed by atoms with Crippen molar-refractivity contribution in [2.24, 2.45) is 0 Å². The highest BCUT2D eigenvalue weighted by molar-refractivity contribution is 5.86. The molecule has 5 aromatic rings. The third kappa shape index (κ3) is 5.96. The highest BCUT2D eigenvalue weighted by atomic mass is 19.1. The quantitative estimate of drug-likeness (QED) is 0.243. The number of likely N-dealkylation sites (tertiary alicyclic amines) is 1. The number of imidazole rings is 2. The third-order valence-electron chi connectivity index (χ3n) is 7.78. The Bertz CT molecular complexity index is 1810. The van der Waals surface area contributed by atoms with Crippen LogP contribution in [0.1, 0.15) is 58.9 Å². The van der Waals surface area contributed by atoms with Crippen LogP contribution in [0, 0.1) is 17.1 Å². The molecule has 1 saturated heterocycles. The van der Waals surface area contributed by atoms with Gasteiger partial charge in [-0.2, -0.15) is 5.26 Å². The fraction of sp³-hybridized carbons (Fsp3) is 0.333. The van der Waals surface area contributed by atoms with Crippen molar-refractivity contribution in [1.82, 2.24) is 38.8 Å². The number of carbonyl (C=O) groups is 1. The SMILES string of the molecule is CCn1cncc1Cn1c(CN2CCC(n3ccc(OCc4ccc(C#N)cc4F)n3)CC2)nc2ccc(C(=O)[O-])nc21. The van der Waals surface area contributed by atoms with Crippen molar-refractivity contribution >= 4 is 17.1 Å². The number of aryl methyl sites for hydroxylation is 1. The molecule has 1 fully saturated rings. The van der Waals surface area contributed by atoms with Crippen LogP contribution in [-0.2, 0) is 26.2 Å². The molecule has 4 aromatic heterocycles. The lowest BCUT2D eigenvalue weighted by atomic mass is 10.1. The summed E-state index contributed by atoms with van der Waals surface area (Å²) in [6.45, 7) is 5.48. The van der Waals surface area contributed by atoms with Crippen LogP contribution >= 0.6 is 0 Å². The van der Waals surface area contributed by atoms with Crippen LogP contribution < -0.4 is 9.84 Å². The van der Waals surface area contributed by atoms with E-state index < -0.39 is 11.8 Å². The number of nitrogens with zero attached hydrogens (tertiary/aromatic N) is 9. The van der Waals surface area contributed by atoms with E-state index in [0.29, 0.717) is 35.7 Å². The van der Waals surface area contributed by atoms with Gasteiger partial charge >= 0.3 is 0 Å². The largest absolute Gasteiger partial charge is 0.543 e. The number of nitriles is 1. The van der Waals surface area contributed by atoms with E-state index in [1.807, 2.05) is 33.0 Å². The maximum atomic E-state index is 14.2.